The Labute approximate surface area is 156 Å². The molecule has 0 radical (unpaired) electrons. The van der Waals surface area contributed by atoms with Crippen LogP contribution in [0.3, 0.4) is 0 Å². The quantitative estimate of drug-likeness (QED) is 0.318. The minimum atomic E-state index is -0.390. The van der Waals surface area contributed by atoms with Crippen LogP contribution in [0.4, 0.5) is 0 Å². The number of ether oxygens (including phenoxy) is 1. The zero-order chi connectivity index (χ0) is 18.5. The smallest absolute Gasteiger partial charge is 0.343 e. The predicted molar refractivity (Wildman–Crippen MR) is 102 cm³/mol. The van der Waals surface area contributed by atoms with E-state index in [1.165, 1.54) is 0 Å². The minimum Gasteiger partial charge on any atom is -0.423 e. The maximum Gasteiger partial charge on any atom is 0.343 e. The van der Waals surface area contributed by atoms with Gasteiger partial charge < -0.3 is 4.74 Å². The normalized spacial score (nSPS) is 11.2. The second-order valence-electron chi connectivity index (χ2n) is 5.92. The van der Waals surface area contributed by atoms with E-state index in [2.05, 4.69) is 15.3 Å². The summed E-state index contributed by atoms with van der Waals surface area (Å²) in [5, 5.41) is 11.3. The average molecular weight is 366 g/mol. The molecule has 0 amide bonds. The molecule has 0 aliphatic heterocycles. The Balaban J connectivity index is 1.71. The van der Waals surface area contributed by atoms with Crippen LogP contribution < -0.4 is 4.74 Å². The molecule has 0 saturated carbocycles. The van der Waals surface area contributed by atoms with Crippen molar-refractivity contribution in [1.82, 2.24) is 14.9 Å². The van der Waals surface area contributed by atoms with E-state index >= 15 is 0 Å². The number of aromatic amines is 1. The molecule has 3 rings (SSSR count). The number of aromatic nitrogens is 3. The standard InChI is InChI=1S/C19H18N4O2S/c1-13(2)17-21-22-19(26)23(17)20-12-14-8-10-16(11-9-14)25-18(24)15-6-4-3-5-7-15/h3-13H,1-2H3,(H,22,26)/b20-12-. The van der Waals surface area contributed by atoms with Gasteiger partial charge in [0, 0.05) is 5.92 Å². The first-order valence-corrected chi connectivity index (χ1v) is 8.54. The van der Waals surface area contributed by atoms with Gasteiger partial charge in [-0.1, -0.05) is 32.0 Å². The van der Waals surface area contributed by atoms with Crippen molar-refractivity contribution in [2.24, 2.45) is 5.10 Å². The number of nitrogens with one attached hydrogen (secondary N) is 1. The Kier molecular flexibility index (Phi) is 5.38. The van der Waals surface area contributed by atoms with E-state index in [9.17, 15) is 4.79 Å². The van der Waals surface area contributed by atoms with E-state index in [1.54, 1.807) is 47.3 Å². The molecular weight excluding hydrogens is 348 g/mol. The molecule has 1 aromatic heterocycles. The van der Waals surface area contributed by atoms with Gasteiger partial charge in [0.1, 0.15) is 5.75 Å². The van der Waals surface area contributed by atoms with Gasteiger partial charge in [-0.3, -0.25) is 5.10 Å². The summed E-state index contributed by atoms with van der Waals surface area (Å²) in [4.78, 5) is 12.0. The number of hydrogen-bond donors (Lipinski definition) is 1. The number of carbonyl (C=O) groups is 1. The fourth-order valence-corrected chi connectivity index (χ4v) is 2.46. The fourth-order valence-electron chi connectivity index (χ4n) is 2.28. The minimum absolute atomic E-state index is 0.194. The maximum atomic E-state index is 12.0. The van der Waals surface area contributed by atoms with E-state index in [0.717, 1.165) is 11.4 Å². The molecule has 0 aliphatic rings. The fraction of sp³-hybridized carbons (Fsp3) is 0.158. The van der Waals surface area contributed by atoms with Crippen LogP contribution in [0.1, 0.15) is 41.5 Å². The summed E-state index contributed by atoms with van der Waals surface area (Å²) in [5.41, 5.74) is 1.36. The molecule has 7 heteroatoms. The lowest BCUT2D eigenvalue weighted by molar-refractivity contribution is 0.0735. The molecule has 3 aromatic rings. The van der Waals surface area contributed by atoms with Crippen molar-refractivity contribution in [2.45, 2.75) is 19.8 Å². The summed E-state index contributed by atoms with van der Waals surface area (Å²) in [5.74, 6) is 1.04. The van der Waals surface area contributed by atoms with Crippen molar-refractivity contribution in [3.05, 3.63) is 76.3 Å². The molecule has 0 bridgehead atoms. The van der Waals surface area contributed by atoms with Crippen LogP contribution in [-0.2, 0) is 0 Å². The van der Waals surface area contributed by atoms with Crippen LogP contribution in [0.25, 0.3) is 0 Å². The van der Waals surface area contributed by atoms with E-state index in [4.69, 9.17) is 17.0 Å². The van der Waals surface area contributed by atoms with Crippen molar-refractivity contribution < 1.29 is 9.53 Å². The first-order valence-electron chi connectivity index (χ1n) is 8.13. The van der Waals surface area contributed by atoms with Crippen molar-refractivity contribution in [3.8, 4) is 5.75 Å². The van der Waals surface area contributed by atoms with Crippen LogP contribution >= 0.6 is 12.2 Å². The topological polar surface area (TPSA) is 72.3 Å². The van der Waals surface area contributed by atoms with Gasteiger partial charge in [-0.2, -0.15) is 14.9 Å². The van der Waals surface area contributed by atoms with Crippen molar-refractivity contribution >= 4 is 24.4 Å². The molecule has 2 aromatic carbocycles. The summed E-state index contributed by atoms with van der Waals surface area (Å²) in [7, 11) is 0. The van der Waals surface area contributed by atoms with Crippen molar-refractivity contribution in [1.29, 1.82) is 0 Å². The number of esters is 1. The van der Waals surface area contributed by atoms with Crippen molar-refractivity contribution in [2.75, 3.05) is 0 Å². The lowest BCUT2D eigenvalue weighted by Crippen LogP contribution is -2.08. The number of benzene rings is 2. The summed E-state index contributed by atoms with van der Waals surface area (Å²) < 4.78 is 7.40. The van der Waals surface area contributed by atoms with Crippen LogP contribution in [0.5, 0.6) is 5.75 Å². The molecular formula is C19H18N4O2S. The SMILES string of the molecule is CC(C)c1n[nH]c(=S)n1/N=C\c1ccc(OC(=O)c2ccccc2)cc1. The Hall–Kier alpha value is -3.06. The summed E-state index contributed by atoms with van der Waals surface area (Å²) in [6.45, 7) is 4.04. The van der Waals surface area contributed by atoms with Crippen LogP contribution in [0.15, 0.2) is 59.7 Å². The second-order valence-corrected chi connectivity index (χ2v) is 6.31. The van der Waals surface area contributed by atoms with E-state index in [1.807, 2.05) is 32.0 Å². The summed E-state index contributed by atoms with van der Waals surface area (Å²) >= 11 is 5.20. The number of rotatable bonds is 5. The molecule has 0 aliphatic carbocycles. The molecule has 0 fully saturated rings. The third kappa shape index (κ3) is 4.12. The molecule has 0 saturated heterocycles. The highest BCUT2D eigenvalue weighted by molar-refractivity contribution is 7.71. The Morgan fingerprint density at radius 3 is 2.54 bits per heavy atom. The Morgan fingerprint density at radius 1 is 1.19 bits per heavy atom. The van der Waals surface area contributed by atoms with Gasteiger partial charge in [0.15, 0.2) is 5.82 Å². The molecule has 1 heterocycles. The van der Waals surface area contributed by atoms with Gasteiger partial charge in [-0.05, 0) is 54.2 Å². The van der Waals surface area contributed by atoms with Crippen LogP contribution in [0.2, 0.25) is 0 Å². The van der Waals surface area contributed by atoms with Crippen LogP contribution in [-0.4, -0.2) is 27.1 Å². The zero-order valence-electron chi connectivity index (χ0n) is 14.4. The summed E-state index contributed by atoms with van der Waals surface area (Å²) in [6.07, 6.45) is 1.68. The zero-order valence-corrected chi connectivity index (χ0v) is 15.2. The highest BCUT2D eigenvalue weighted by Gasteiger charge is 2.09. The third-order valence-corrected chi connectivity index (χ3v) is 3.88. The number of carbonyl (C=O) groups excluding carboxylic acids is 1. The van der Waals surface area contributed by atoms with Gasteiger partial charge in [0.25, 0.3) is 0 Å². The van der Waals surface area contributed by atoms with E-state index in [-0.39, 0.29) is 5.92 Å². The summed E-state index contributed by atoms with van der Waals surface area (Å²) in [6, 6.07) is 15.9. The first-order chi connectivity index (χ1) is 12.5. The van der Waals surface area contributed by atoms with Gasteiger partial charge >= 0.3 is 5.97 Å². The number of hydrogen-bond acceptors (Lipinski definition) is 5. The molecule has 132 valence electrons. The highest BCUT2D eigenvalue weighted by atomic mass is 32.1. The molecule has 26 heavy (non-hydrogen) atoms. The first kappa shape index (κ1) is 17.8. The molecule has 0 unspecified atom stereocenters. The number of nitrogens with zero attached hydrogens (tertiary/aromatic N) is 3. The van der Waals surface area contributed by atoms with Gasteiger partial charge in [-0.25, -0.2) is 4.79 Å². The lowest BCUT2D eigenvalue weighted by Gasteiger charge is -2.05. The van der Waals surface area contributed by atoms with Gasteiger partial charge in [-0.15, -0.1) is 0 Å². The van der Waals surface area contributed by atoms with Crippen LogP contribution in [0, 0.1) is 4.77 Å². The van der Waals surface area contributed by atoms with E-state index in [0.29, 0.717) is 16.1 Å². The molecule has 1 N–H and O–H groups in total. The van der Waals surface area contributed by atoms with E-state index < -0.39 is 5.97 Å². The third-order valence-electron chi connectivity index (χ3n) is 3.61. The Bertz CT molecular complexity index is 973. The predicted octanol–water partition coefficient (Wildman–Crippen LogP) is 4.17. The maximum absolute atomic E-state index is 12.0. The largest absolute Gasteiger partial charge is 0.423 e. The number of H-pyrrole nitrogens is 1. The monoisotopic (exact) mass is 366 g/mol. The van der Waals surface area contributed by atoms with Crippen molar-refractivity contribution in [3.63, 3.8) is 0 Å². The van der Waals surface area contributed by atoms with Gasteiger partial charge in [0.05, 0.1) is 11.8 Å². The lowest BCUT2D eigenvalue weighted by atomic mass is 10.2. The molecule has 0 atom stereocenters. The Morgan fingerprint density at radius 2 is 1.88 bits per heavy atom. The average Bonchev–Trinajstić information content (AvgIpc) is 3.03. The molecule has 6 nitrogen and oxygen atoms in total. The highest BCUT2D eigenvalue weighted by Crippen LogP contribution is 2.14. The second kappa shape index (κ2) is 7.88. The molecule has 0 spiro atoms. The van der Waals surface area contributed by atoms with Gasteiger partial charge in [0.2, 0.25) is 4.77 Å².